The first-order valence-electron chi connectivity index (χ1n) is 6.12. The minimum absolute atomic E-state index is 0.440. The summed E-state index contributed by atoms with van der Waals surface area (Å²) in [5.74, 6) is 0. The monoisotopic (exact) mass is 220 g/mol. The molecule has 1 saturated carbocycles. The lowest BCUT2D eigenvalue weighted by Gasteiger charge is -2.22. The van der Waals surface area contributed by atoms with Crippen molar-refractivity contribution in [2.75, 3.05) is 13.1 Å². The van der Waals surface area contributed by atoms with Gasteiger partial charge in [0, 0.05) is 31.4 Å². The van der Waals surface area contributed by atoms with E-state index in [0.29, 0.717) is 0 Å². The molecular weight excluding hydrogens is 200 g/mol. The fourth-order valence-corrected chi connectivity index (χ4v) is 2.29. The molecule has 1 aromatic rings. The van der Waals surface area contributed by atoms with Crippen LogP contribution in [0.5, 0.6) is 0 Å². The highest BCUT2D eigenvalue weighted by Crippen LogP contribution is 2.28. The maximum absolute atomic E-state index is 10.1. The number of aliphatic hydroxyl groups is 1. The molecule has 16 heavy (non-hydrogen) atoms. The van der Waals surface area contributed by atoms with Crippen LogP contribution in [0.4, 0.5) is 0 Å². The molecule has 3 heteroatoms. The van der Waals surface area contributed by atoms with Gasteiger partial charge in [-0.3, -0.25) is 4.98 Å². The van der Waals surface area contributed by atoms with Gasteiger partial charge in [-0.15, -0.1) is 0 Å². The predicted octanol–water partition coefficient (Wildman–Crippen LogP) is 1.52. The number of nitrogens with one attached hydrogen (secondary N) is 1. The molecule has 1 fully saturated rings. The number of pyridine rings is 1. The van der Waals surface area contributed by atoms with Crippen LogP contribution in [0.25, 0.3) is 0 Å². The van der Waals surface area contributed by atoms with Gasteiger partial charge < -0.3 is 10.4 Å². The van der Waals surface area contributed by atoms with Gasteiger partial charge in [0.25, 0.3) is 0 Å². The third-order valence-corrected chi connectivity index (χ3v) is 3.27. The molecule has 1 aliphatic rings. The minimum Gasteiger partial charge on any atom is -0.389 e. The lowest BCUT2D eigenvalue weighted by atomic mass is 10.0. The Morgan fingerprint density at radius 2 is 2.12 bits per heavy atom. The molecule has 3 nitrogen and oxygen atoms in total. The van der Waals surface area contributed by atoms with E-state index in [4.69, 9.17) is 0 Å². The van der Waals surface area contributed by atoms with Crippen molar-refractivity contribution < 1.29 is 5.11 Å². The quantitative estimate of drug-likeness (QED) is 0.739. The first-order valence-corrected chi connectivity index (χ1v) is 6.12. The van der Waals surface area contributed by atoms with Crippen molar-refractivity contribution in [3.05, 3.63) is 30.1 Å². The Morgan fingerprint density at radius 1 is 1.31 bits per heavy atom. The zero-order valence-corrected chi connectivity index (χ0v) is 9.65. The van der Waals surface area contributed by atoms with E-state index in [0.717, 1.165) is 38.0 Å². The maximum atomic E-state index is 10.1. The summed E-state index contributed by atoms with van der Waals surface area (Å²) in [7, 11) is 0. The molecule has 0 amide bonds. The van der Waals surface area contributed by atoms with Gasteiger partial charge in [-0.2, -0.15) is 0 Å². The van der Waals surface area contributed by atoms with Gasteiger partial charge in [0.1, 0.15) is 0 Å². The maximum Gasteiger partial charge on any atom is 0.0771 e. The number of hydrogen-bond acceptors (Lipinski definition) is 3. The molecule has 0 aromatic carbocycles. The van der Waals surface area contributed by atoms with E-state index in [1.165, 1.54) is 12.8 Å². The SMILES string of the molecule is OC1(CNCCc2ccccn2)CCCC1. The van der Waals surface area contributed by atoms with Crippen molar-refractivity contribution in [2.24, 2.45) is 0 Å². The van der Waals surface area contributed by atoms with Gasteiger partial charge >= 0.3 is 0 Å². The third kappa shape index (κ3) is 3.29. The number of hydrogen-bond donors (Lipinski definition) is 2. The highest BCUT2D eigenvalue weighted by molar-refractivity contribution is 5.03. The van der Waals surface area contributed by atoms with Crippen molar-refractivity contribution in [3.63, 3.8) is 0 Å². The molecule has 0 saturated heterocycles. The summed E-state index contributed by atoms with van der Waals surface area (Å²) in [6, 6.07) is 5.97. The summed E-state index contributed by atoms with van der Waals surface area (Å²) < 4.78 is 0. The number of aromatic nitrogens is 1. The molecule has 0 bridgehead atoms. The summed E-state index contributed by atoms with van der Waals surface area (Å²) in [5, 5.41) is 13.4. The van der Waals surface area contributed by atoms with Crippen LogP contribution in [0.15, 0.2) is 24.4 Å². The molecule has 2 N–H and O–H groups in total. The van der Waals surface area contributed by atoms with Gasteiger partial charge in [0.15, 0.2) is 0 Å². The lowest BCUT2D eigenvalue weighted by Crippen LogP contribution is -2.38. The Morgan fingerprint density at radius 3 is 2.81 bits per heavy atom. The Balaban J connectivity index is 1.65. The Kier molecular flexibility index (Phi) is 3.91. The largest absolute Gasteiger partial charge is 0.389 e. The number of rotatable bonds is 5. The molecule has 1 heterocycles. The van der Waals surface area contributed by atoms with Crippen LogP contribution in [-0.4, -0.2) is 28.8 Å². The van der Waals surface area contributed by atoms with Gasteiger partial charge in [-0.1, -0.05) is 18.9 Å². The molecule has 0 aliphatic heterocycles. The van der Waals surface area contributed by atoms with E-state index in [9.17, 15) is 5.11 Å². The van der Waals surface area contributed by atoms with Gasteiger partial charge in [-0.05, 0) is 25.0 Å². The fraction of sp³-hybridized carbons (Fsp3) is 0.615. The van der Waals surface area contributed by atoms with Gasteiger partial charge in [-0.25, -0.2) is 0 Å². The Bertz CT molecular complexity index is 307. The summed E-state index contributed by atoms with van der Waals surface area (Å²) in [4.78, 5) is 4.26. The third-order valence-electron chi connectivity index (χ3n) is 3.27. The van der Waals surface area contributed by atoms with Crippen LogP contribution in [0.3, 0.4) is 0 Å². The Hall–Kier alpha value is -0.930. The fourth-order valence-electron chi connectivity index (χ4n) is 2.29. The van der Waals surface area contributed by atoms with E-state index in [1.54, 1.807) is 0 Å². The molecule has 1 aromatic heterocycles. The smallest absolute Gasteiger partial charge is 0.0771 e. The second kappa shape index (κ2) is 5.41. The topological polar surface area (TPSA) is 45.1 Å². The van der Waals surface area contributed by atoms with Crippen LogP contribution in [0.2, 0.25) is 0 Å². The minimum atomic E-state index is -0.440. The average Bonchev–Trinajstić information content (AvgIpc) is 2.74. The van der Waals surface area contributed by atoms with Crippen molar-refractivity contribution in [2.45, 2.75) is 37.7 Å². The van der Waals surface area contributed by atoms with Crippen LogP contribution in [-0.2, 0) is 6.42 Å². The second-order valence-corrected chi connectivity index (χ2v) is 4.68. The van der Waals surface area contributed by atoms with Gasteiger partial charge in [0.05, 0.1) is 5.60 Å². The van der Waals surface area contributed by atoms with Crippen molar-refractivity contribution in [3.8, 4) is 0 Å². The van der Waals surface area contributed by atoms with E-state index in [-0.39, 0.29) is 0 Å². The average molecular weight is 220 g/mol. The summed E-state index contributed by atoms with van der Waals surface area (Å²) in [6.07, 6.45) is 6.97. The van der Waals surface area contributed by atoms with E-state index >= 15 is 0 Å². The molecule has 88 valence electrons. The highest BCUT2D eigenvalue weighted by Gasteiger charge is 2.30. The normalized spacial score (nSPS) is 18.8. The zero-order valence-electron chi connectivity index (χ0n) is 9.65. The number of nitrogens with zero attached hydrogens (tertiary/aromatic N) is 1. The first-order chi connectivity index (χ1) is 7.79. The predicted molar refractivity (Wildman–Crippen MR) is 64.2 cm³/mol. The lowest BCUT2D eigenvalue weighted by molar-refractivity contribution is 0.0480. The van der Waals surface area contributed by atoms with Crippen molar-refractivity contribution in [1.29, 1.82) is 0 Å². The van der Waals surface area contributed by atoms with E-state index < -0.39 is 5.60 Å². The molecule has 0 radical (unpaired) electrons. The molecule has 2 rings (SSSR count). The second-order valence-electron chi connectivity index (χ2n) is 4.68. The van der Waals surface area contributed by atoms with Gasteiger partial charge in [0.2, 0.25) is 0 Å². The summed E-state index contributed by atoms with van der Waals surface area (Å²) in [5.41, 5.74) is 0.665. The first kappa shape index (κ1) is 11.6. The van der Waals surface area contributed by atoms with E-state index in [1.807, 2.05) is 24.4 Å². The molecule has 0 atom stereocenters. The summed E-state index contributed by atoms with van der Waals surface area (Å²) >= 11 is 0. The van der Waals surface area contributed by atoms with Crippen molar-refractivity contribution in [1.82, 2.24) is 10.3 Å². The van der Waals surface area contributed by atoms with Crippen LogP contribution >= 0.6 is 0 Å². The zero-order chi connectivity index (χ0) is 11.3. The van der Waals surface area contributed by atoms with Crippen molar-refractivity contribution >= 4 is 0 Å². The van der Waals surface area contributed by atoms with Crippen LogP contribution in [0, 0.1) is 0 Å². The van der Waals surface area contributed by atoms with Crippen LogP contribution in [0.1, 0.15) is 31.4 Å². The molecule has 0 unspecified atom stereocenters. The standard InChI is InChI=1S/C13H20N2O/c16-13(7-2-3-8-13)11-14-10-6-12-5-1-4-9-15-12/h1,4-5,9,14,16H,2-3,6-8,10-11H2. The molecule has 0 spiro atoms. The Labute approximate surface area is 96.9 Å². The van der Waals surface area contributed by atoms with E-state index in [2.05, 4.69) is 10.3 Å². The molecule has 1 aliphatic carbocycles. The van der Waals surface area contributed by atoms with Crippen LogP contribution < -0.4 is 5.32 Å². The molecular formula is C13H20N2O. The highest BCUT2D eigenvalue weighted by atomic mass is 16.3. The summed E-state index contributed by atoms with van der Waals surface area (Å²) in [6.45, 7) is 1.61.